The van der Waals surface area contributed by atoms with Gasteiger partial charge < -0.3 is 15.2 Å². The van der Waals surface area contributed by atoms with Gasteiger partial charge in [0.15, 0.2) is 0 Å². The molecule has 2 fully saturated rings. The van der Waals surface area contributed by atoms with E-state index in [1.54, 1.807) is 0 Å². The molecular weight excluding hydrogens is 276 g/mol. The number of hydrogen-bond acceptors (Lipinski definition) is 4. The Hall–Kier alpha value is -0.650. The summed E-state index contributed by atoms with van der Waals surface area (Å²) in [4.78, 5) is 2.46. The van der Waals surface area contributed by atoms with Crippen molar-refractivity contribution in [2.24, 2.45) is 0 Å². The number of halogens is 1. The zero-order chi connectivity index (χ0) is 14.2. The van der Waals surface area contributed by atoms with Gasteiger partial charge in [-0.05, 0) is 24.1 Å². The molecule has 112 valence electrons. The van der Waals surface area contributed by atoms with E-state index in [0.29, 0.717) is 6.61 Å². The van der Waals surface area contributed by atoms with Crippen molar-refractivity contribution in [3.63, 3.8) is 0 Å². The molecule has 0 radical (unpaired) electrons. The van der Waals surface area contributed by atoms with Gasteiger partial charge in [-0.2, -0.15) is 0 Å². The molecule has 5 heteroatoms. The van der Waals surface area contributed by atoms with E-state index >= 15 is 0 Å². The van der Waals surface area contributed by atoms with Gasteiger partial charge in [0, 0.05) is 44.4 Å². The molecule has 0 aliphatic carbocycles. The molecule has 20 heavy (non-hydrogen) atoms. The minimum Gasteiger partial charge on any atom is -0.391 e. The van der Waals surface area contributed by atoms with E-state index in [4.69, 9.17) is 21.4 Å². The Balaban J connectivity index is 0.000000205. The Morgan fingerprint density at radius 1 is 1.25 bits per heavy atom. The van der Waals surface area contributed by atoms with E-state index in [2.05, 4.69) is 22.3 Å². The van der Waals surface area contributed by atoms with E-state index in [1.165, 1.54) is 5.56 Å². The maximum Gasteiger partial charge on any atom is 0.0795 e. The lowest BCUT2D eigenvalue weighted by Crippen LogP contribution is -2.42. The van der Waals surface area contributed by atoms with Gasteiger partial charge in [0.05, 0.1) is 12.7 Å². The summed E-state index contributed by atoms with van der Waals surface area (Å²) in [5.41, 5.74) is 1.34. The summed E-state index contributed by atoms with van der Waals surface area (Å²) in [5, 5.41) is 12.8. The van der Waals surface area contributed by atoms with Crippen LogP contribution in [0.3, 0.4) is 0 Å². The highest BCUT2D eigenvalue weighted by Gasteiger charge is 2.10. The summed E-state index contributed by atoms with van der Waals surface area (Å²) in [7, 11) is 0. The van der Waals surface area contributed by atoms with Gasteiger partial charge in [-0.25, -0.2) is 0 Å². The Labute approximate surface area is 125 Å². The maximum atomic E-state index is 8.60. The standard InChI is InChI=1S/C11H15ClN2.C4H8O2/c12-11-3-1-10(2-4-11)9-14-7-5-13-6-8-14;5-4-1-2-6-3-4/h1-4,13H,5-9H2;4-5H,1-3H2. The zero-order valence-electron chi connectivity index (χ0n) is 11.7. The number of ether oxygens (including phenoxy) is 1. The number of rotatable bonds is 2. The fourth-order valence-electron chi connectivity index (χ4n) is 2.24. The van der Waals surface area contributed by atoms with Crippen molar-refractivity contribution in [1.29, 1.82) is 0 Å². The molecule has 0 aromatic heterocycles. The van der Waals surface area contributed by atoms with Gasteiger partial charge >= 0.3 is 0 Å². The van der Waals surface area contributed by atoms with Crippen molar-refractivity contribution in [3.8, 4) is 0 Å². The number of aliphatic hydroxyl groups is 1. The average molecular weight is 299 g/mol. The van der Waals surface area contributed by atoms with E-state index in [-0.39, 0.29) is 6.10 Å². The number of hydrogen-bond donors (Lipinski definition) is 2. The highest BCUT2D eigenvalue weighted by molar-refractivity contribution is 6.30. The van der Waals surface area contributed by atoms with Crippen LogP contribution in [0.2, 0.25) is 5.02 Å². The summed E-state index contributed by atoms with van der Waals surface area (Å²) < 4.78 is 4.81. The molecule has 0 amide bonds. The second-order valence-electron chi connectivity index (χ2n) is 5.17. The van der Waals surface area contributed by atoms with Crippen LogP contribution in [0, 0.1) is 0 Å². The molecule has 2 aliphatic rings. The van der Waals surface area contributed by atoms with Crippen LogP contribution in [0.1, 0.15) is 12.0 Å². The van der Waals surface area contributed by atoms with Crippen molar-refractivity contribution in [2.75, 3.05) is 39.4 Å². The number of aliphatic hydroxyl groups excluding tert-OH is 1. The SMILES string of the molecule is Clc1ccc(CN2CCNCC2)cc1.OC1CCOC1. The Morgan fingerprint density at radius 2 is 1.95 bits per heavy atom. The molecule has 0 saturated carbocycles. The summed E-state index contributed by atoms with van der Waals surface area (Å²) in [5.74, 6) is 0. The first kappa shape index (κ1) is 15.7. The van der Waals surface area contributed by atoms with Crippen LogP contribution < -0.4 is 5.32 Å². The first-order chi connectivity index (χ1) is 9.74. The molecule has 2 aliphatic heterocycles. The predicted octanol–water partition coefficient (Wildman–Crippen LogP) is 1.51. The second-order valence-corrected chi connectivity index (χ2v) is 5.61. The zero-order valence-corrected chi connectivity index (χ0v) is 12.5. The van der Waals surface area contributed by atoms with Crippen LogP contribution in [-0.2, 0) is 11.3 Å². The van der Waals surface area contributed by atoms with E-state index < -0.39 is 0 Å². The van der Waals surface area contributed by atoms with Gasteiger partial charge in [-0.3, -0.25) is 4.90 Å². The highest BCUT2D eigenvalue weighted by Crippen LogP contribution is 2.11. The minimum absolute atomic E-state index is 0.176. The van der Waals surface area contributed by atoms with Crippen LogP contribution in [0.5, 0.6) is 0 Å². The average Bonchev–Trinajstić information content (AvgIpc) is 2.94. The van der Waals surface area contributed by atoms with Crippen molar-refractivity contribution < 1.29 is 9.84 Å². The molecule has 1 aromatic carbocycles. The molecule has 0 bridgehead atoms. The van der Waals surface area contributed by atoms with Crippen LogP contribution >= 0.6 is 11.6 Å². The van der Waals surface area contributed by atoms with E-state index in [0.717, 1.165) is 50.8 Å². The molecule has 3 rings (SSSR count). The topological polar surface area (TPSA) is 44.7 Å². The maximum absolute atomic E-state index is 8.60. The first-order valence-electron chi connectivity index (χ1n) is 7.17. The molecule has 2 saturated heterocycles. The van der Waals surface area contributed by atoms with Crippen LogP contribution in [0.25, 0.3) is 0 Å². The molecule has 4 nitrogen and oxygen atoms in total. The molecule has 1 atom stereocenters. The van der Waals surface area contributed by atoms with Gasteiger partial charge in [0.1, 0.15) is 0 Å². The van der Waals surface area contributed by atoms with Crippen LogP contribution in [0.4, 0.5) is 0 Å². The smallest absolute Gasteiger partial charge is 0.0795 e. The van der Waals surface area contributed by atoms with Crippen LogP contribution in [-0.4, -0.2) is 55.5 Å². The largest absolute Gasteiger partial charge is 0.391 e. The summed E-state index contributed by atoms with van der Waals surface area (Å²) >= 11 is 5.83. The van der Waals surface area contributed by atoms with Crippen LogP contribution in [0.15, 0.2) is 24.3 Å². The van der Waals surface area contributed by atoms with Crippen molar-refractivity contribution in [2.45, 2.75) is 19.1 Å². The fourth-order valence-corrected chi connectivity index (χ4v) is 2.37. The first-order valence-corrected chi connectivity index (χ1v) is 7.55. The molecule has 1 unspecified atom stereocenters. The normalized spacial score (nSPS) is 23.2. The lowest BCUT2D eigenvalue weighted by atomic mass is 10.2. The third kappa shape index (κ3) is 5.77. The third-order valence-electron chi connectivity index (χ3n) is 3.43. The third-order valence-corrected chi connectivity index (χ3v) is 3.69. The van der Waals surface area contributed by atoms with Gasteiger partial charge in [0.25, 0.3) is 0 Å². The monoisotopic (exact) mass is 298 g/mol. The lowest BCUT2D eigenvalue weighted by molar-refractivity contribution is 0.127. The van der Waals surface area contributed by atoms with Gasteiger partial charge in [-0.15, -0.1) is 0 Å². The highest BCUT2D eigenvalue weighted by atomic mass is 35.5. The van der Waals surface area contributed by atoms with Crippen molar-refractivity contribution in [3.05, 3.63) is 34.9 Å². The molecular formula is C15H23ClN2O2. The quantitative estimate of drug-likeness (QED) is 0.869. The Kier molecular flexibility index (Phi) is 6.76. The number of piperazine rings is 1. The fraction of sp³-hybridized carbons (Fsp3) is 0.600. The minimum atomic E-state index is -0.176. The summed E-state index contributed by atoms with van der Waals surface area (Å²) in [6.07, 6.45) is 0.644. The molecule has 1 aromatic rings. The Morgan fingerprint density at radius 3 is 2.45 bits per heavy atom. The van der Waals surface area contributed by atoms with Gasteiger partial charge in [-0.1, -0.05) is 23.7 Å². The summed E-state index contributed by atoms with van der Waals surface area (Å²) in [6.45, 7) is 6.81. The summed E-state index contributed by atoms with van der Waals surface area (Å²) in [6, 6.07) is 8.12. The van der Waals surface area contributed by atoms with Crippen molar-refractivity contribution >= 4 is 11.6 Å². The number of nitrogens with one attached hydrogen (secondary N) is 1. The second kappa shape index (κ2) is 8.60. The Bertz CT molecular complexity index is 374. The number of benzene rings is 1. The lowest BCUT2D eigenvalue weighted by Gasteiger charge is -2.27. The predicted molar refractivity (Wildman–Crippen MR) is 81.0 cm³/mol. The van der Waals surface area contributed by atoms with E-state index in [9.17, 15) is 0 Å². The molecule has 2 heterocycles. The number of nitrogens with zero attached hydrogens (tertiary/aromatic N) is 1. The molecule has 0 spiro atoms. The van der Waals surface area contributed by atoms with E-state index in [1.807, 2.05) is 12.1 Å². The van der Waals surface area contributed by atoms with Gasteiger partial charge in [0.2, 0.25) is 0 Å². The molecule has 2 N–H and O–H groups in total. The van der Waals surface area contributed by atoms with Crippen molar-refractivity contribution in [1.82, 2.24) is 10.2 Å².